The second-order valence-electron chi connectivity index (χ2n) is 4.45. The number of carbonyl (C=O) groups is 1. The molecule has 104 valence electrons. The lowest BCUT2D eigenvalue weighted by molar-refractivity contribution is 0.0616. The van der Waals surface area contributed by atoms with Gasteiger partial charge in [0.2, 0.25) is 0 Å². The molecular weight excluding hydrogens is 268 g/mol. The Morgan fingerprint density at radius 1 is 1.42 bits per heavy atom. The quantitative estimate of drug-likeness (QED) is 0.768. The fourth-order valence-corrected chi connectivity index (χ4v) is 2.27. The molecule has 1 aliphatic heterocycles. The van der Waals surface area contributed by atoms with Crippen LogP contribution in [-0.2, 0) is 0 Å². The normalized spacial score (nSPS) is 16.6. The number of anilines is 1. The number of aliphatic hydroxyl groups is 1. The summed E-state index contributed by atoms with van der Waals surface area (Å²) in [6, 6.07) is 1.50. The van der Waals surface area contributed by atoms with E-state index in [1.165, 1.54) is 12.3 Å². The van der Waals surface area contributed by atoms with Crippen molar-refractivity contribution < 1.29 is 9.90 Å². The van der Waals surface area contributed by atoms with Crippen LogP contribution in [0.15, 0.2) is 12.3 Å². The van der Waals surface area contributed by atoms with Gasteiger partial charge in [0.05, 0.1) is 24.1 Å². The van der Waals surface area contributed by atoms with Gasteiger partial charge in [-0.3, -0.25) is 9.69 Å². The number of rotatable bonds is 3. The molecule has 2 heterocycles. The van der Waals surface area contributed by atoms with E-state index in [-0.39, 0.29) is 17.7 Å². The number of hydrogen-bond donors (Lipinski definition) is 2. The molecule has 3 N–H and O–H groups in total. The first kappa shape index (κ1) is 14.0. The number of nitrogen functional groups attached to an aromatic ring is 1. The van der Waals surface area contributed by atoms with Gasteiger partial charge in [0.15, 0.2) is 0 Å². The van der Waals surface area contributed by atoms with E-state index in [9.17, 15) is 4.79 Å². The Morgan fingerprint density at radius 3 is 2.74 bits per heavy atom. The number of aliphatic hydroxyl groups excluding tert-OH is 1. The highest BCUT2D eigenvalue weighted by molar-refractivity contribution is 6.29. The van der Waals surface area contributed by atoms with E-state index in [1.54, 1.807) is 4.90 Å². The third-order valence-electron chi connectivity index (χ3n) is 3.21. The Balaban J connectivity index is 2.03. The average molecular weight is 285 g/mol. The number of hydrogen-bond acceptors (Lipinski definition) is 5. The lowest BCUT2D eigenvalue weighted by atomic mass is 10.2. The molecule has 0 aliphatic carbocycles. The summed E-state index contributed by atoms with van der Waals surface area (Å²) in [6.45, 7) is 3.54. The molecule has 0 bridgehead atoms. The molecule has 0 radical (unpaired) electrons. The molecule has 1 saturated heterocycles. The molecular formula is C12H17ClN4O2. The maximum absolute atomic E-state index is 12.3. The lowest BCUT2D eigenvalue weighted by Crippen LogP contribution is -2.49. The van der Waals surface area contributed by atoms with E-state index in [0.717, 1.165) is 13.1 Å². The van der Waals surface area contributed by atoms with Crippen LogP contribution in [0.1, 0.15) is 10.4 Å². The average Bonchev–Trinajstić information content (AvgIpc) is 2.42. The summed E-state index contributed by atoms with van der Waals surface area (Å²) in [6.07, 6.45) is 1.40. The minimum atomic E-state index is -0.120. The fourth-order valence-electron chi connectivity index (χ4n) is 2.11. The van der Waals surface area contributed by atoms with E-state index in [1.807, 2.05) is 0 Å². The second-order valence-corrected chi connectivity index (χ2v) is 4.84. The van der Waals surface area contributed by atoms with Crippen LogP contribution in [0, 0.1) is 0 Å². The van der Waals surface area contributed by atoms with Gasteiger partial charge in [-0.25, -0.2) is 4.98 Å². The molecule has 0 aromatic carbocycles. The van der Waals surface area contributed by atoms with E-state index >= 15 is 0 Å². The third-order valence-corrected chi connectivity index (χ3v) is 3.41. The molecule has 1 amide bonds. The molecule has 1 fully saturated rings. The van der Waals surface area contributed by atoms with Gasteiger partial charge >= 0.3 is 0 Å². The number of aromatic nitrogens is 1. The van der Waals surface area contributed by atoms with Gasteiger partial charge in [0.25, 0.3) is 5.91 Å². The monoisotopic (exact) mass is 284 g/mol. The van der Waals surface area contributed by atoms with Crippen molar-refractivity contribution in [1.82, 2.24) is 14.8 Å². The molecule has 2 rings (SSSR count). The van der Waals surface area contributed by atoms with E-state index in [0.29, 0.717) is 30.9 Å². The van der Waals surface area contributed by atoms with E-state index in [2.05, 4.69) is 9.88 Å². The number of halogens is 1. The van der Waals surface area contributed by atoms with E-state index in [4.69, 9.17) is 22.4 Å². The van der Waals surface area contributed by atoms with Crippen molar-refractivity contribution in [2.75, 3.05) is 45.1 Å². The second kappa shape index (κ2) is 6.18. The number of piperazine rings is 1. The van der Waals surface area contributed by atoms with Gasteiger partial charge < -0.3 is 15.7 Å². The van der Waals surface area contributed by atoms with Crippen LogP contribution in [0.2, 0.25) is 5.15 Å². The van der Waals surface area contributed by atoms with Crippen molar-refractivity contribution in [1.29, 1.82) is 0 Å². The lowest BCUT2D eigenvalue weighted by Gasteiger charge is -2.34. The summed E-state index contributed by atoms with van der Waals surface area (Å²) < 4.78 is 0. The molecule has 1 aromatic heterocycles. The largest absolute Gasteiger partial charge is 0.397 e. The molecule has 0 saturated carbocycles. The first-order valence-electron chi connectivity index (χ1n) is 6.15. The number of carbonyl (C=O) groups excluding carboxylic acids is 1. The van der Waals surface area contributed by atoms with Crippen LogP contribution >= 0.6 is 11.6 Å². The van der Waals surface area contributed by atoms with Crippen LogP contribution in [0.25, 0.3) is 0 Å². The minimum Gasteiger partial charge on any atom is -0.397 e. The Kier molecular flexibility index (Phi) is 4.57. The van der Waals surface area contributed by atoms with Gasteiger partial charge in [0.1, 0.15) is 5.15 Å². The van der Waals surface area contributed by atoms with Crippen LogP contribution in [-0.4, -0.2) is 65.1 Å². The Morgan fingerprint density at radius 2 is 2.11 bits per heavy atom. The highest BCUT2D eigenvalue weighted by Gasteiger charge is 2.23. The standard InChI is InChI=1S/C12H17ClN4O2/c13-11-7-9(10(14)8-15-11)12(19)17-3-1-16(2-4-17)5-6-18/h7-8,18H,1-6,14H2. The third kappa shape index (κ3) is 3.34. The van der Waals surface area contributed by atoms with Crippen LogP contribution in [0.5, 0.6) is 0 Å². The zero-order valence-electron chi connectivity index (χ0n) is 10.5. The summed E-state index contributed by atoms with van der Waals surface area (Å²) in [5.74, 6) is -0.120. The van der Waals surface area contributed by atoms with Crippen LogP contribution in [0.4, 0.5) is 5.69 Å². The predicted molar refractivity (Wildman–Crippen MR) is 73.1 cm³/mol. The van der Waals surface area contributed by atoms with Gasteiger partial charge in [-0.05, 0) is 6.07 Å². The van der Waals surface area contributed by atoms with Gasteiger partial charge in [0, 0.05) is 32.7 Å². The van der Waals surface area contributed by atoms with E-state index < -0.39 is 0 Å². The van der Waals surface area contributed by atoms with Crippen molar-refractivity contribution in [3.8, 4) is 0 Å². The molecule has 0 unspecified atom stereocenters. The maximum atomic E-state index is 12.3. The van der Waals surface area contributed by atoms with Gasteiger partial charge in [-0.2, -0.15) is 0 Å². The number of pyridine rings is 1. The summed E-state index contributed by atoms with van der Waals surface area (Å²) >= 11 is 5.79. The highest BCUT2D eigenvalue weighted by atomic mass is 35.5. The number of nitrogens with two attached hydrogens (primary N) is 1. The van der Waals surface area contributed by atoms with Crippen LogP contribution in [0.3, 0.4) is 0 Å². The van der Waals surface area contributed by atoms with Crippen molar-refractivity contribution in [2.45, 2.75) is 0 Å². The Labute approximate surface area is 116 Å². The number of amides is 1. The molecule has 1 aliphatic rings. The zero-order chi connectivity index (χ0) is 13.8. The first-order chi connectivity index (χ1) is 9.11. The summed E-state index contributed by atoms with van der Waals surface area (Å²) in [4.78, 5) is 20.0. The SMILES string of the molecule is Nc1cnc(Cl)cc1C(=O)N1CCN(CCO)CC1. The first-order valence-corrected chi connectivity index (χ1v) is 6.53. The zero-order valence-corrected chi connectivity index (χ0v) is 11.3. The van der Waals surface area contributed by atoms with Crippen LogP contribution < -0.4 is 5.73 Å². The number of β-amino-alcohol motifs (C(OH)–C–C–N with tert-alkyl or cyclic N) is 1. The minimum absolute atomic E-state index is 0.120. The Hall–Kier alpha value is -1.37. The predicted octanol–water partition coefficient (Wildman–Crippen LogP) is 0.0673. The summed E-state index contributed by atoms with van der Waals surface area (Å²) in [7, 11) is 0. The topological polar surface area (TPSA) is 82.7 Å². The molecule has 7 heteroatoms. The van der Waals surface area contributed by atoms with Crippen molar-refractivity contribution in [2.24, 2.45) is 0 Å². The Bertz CT molecular complexity index is 461. The van der Waals surface area contributed by atoms with Gasteiger partial charge in [-0.15, -0.1) is 0 Å². The molecule has 6 nitrogen and oxygen atoms in total. The smallest absolute Gasteiger partial charge is 0.256 e. The van der Waals surface area contributed by atoms with Gasteiger partial charge in [-0.1, -0.05) is 11.6 Å². The summed E-state index contributed by atoms with van der Waals surface area (Å²) in [5, 5.41) is 9.14. The fraction of sp³-hybridized carbons (Fsp3) is 0.500. The van der Waals surface area contributed by atoms with Crippen molar-refractivity contribution in [3.63, 3.8) is 0 Å². The molecule has 1 aromatic rings. The maximum Gasteiger partial charge on any atom is 0.256 e. The molecule has 0 atom stereocenters. The summed E-state index contributed by atoms with van der Waals surface area (Å²) in [5.41, 5.74) is 6.50. The van der Waals surface area contributed by atoms with Crippen molar-refractivity contribution in [3.05, 3.63) is 23.0 Å². The molecule has 0 spiro atoms. The molecule has 19 heavy (non-hydrogen) atoms. The highest BCUT2D eigenvalue weighted by Crippen LogP contribution is 2.18. The van der Waals surface area contributed by atoms with Crippen molar-refractivity contribution >= 4 is 23.2 Å². The number of nitrogens with zero attached hydrogens (tertiary/aromatic N) is 3.